The third kappa shape index (κ3) is 11.1. The van der Waals surface area contributed by atoms with Crippen LogP contribution in [-0.2, 0) is 38.0 Å². The van der Waals surface area contributed by atoms with E-state index in [1.54, 1.807) is 20.8 Å². The number of rotatable bonds is 13. The summed E-state index contributed by atoms with van der Waals surface area (Å²) < 4.78 is 41.3. The number of carbonyl (C=O) groups excluding carboxylic acids is 2. The number of nitrogens with one attached hydrogen (secondary N) is 2. The predicted molar refractivity (Wildman–Crippen MR) is 177 cm³/mol. The topological polar surface area (TPSA) is 334 Å². The molecule has 3 saturated heterocycles. The van der Waals surface area contributed by atoms with Gasteiger partial charge in [0.1, 0.15) is 48.3 Å². The number of ether oxygens (including phenoxy) is 7. The summed E-state index contributed by atoms with van der Waals surface area (Å²) in [5, 5.41) is 48.5. The van der Waals surface area contributed by atoms with Crippen LogP contribution in [-0.4, -0.2) is 162 Å². The van der Waals surface area contributed by atoms with Crippen molar-refractivity contribution >= 4 is 12.0 Å². The molecule has 20 nitrogen and oxygen atoms in total. The molecule has 51 heavy (non-hydrogen) atoms. The zero-order valence-electron chi connectivity index (χ0n) is 29.5. The molecule has 20 heteroatoms. The average Bonchev–Trinajstić information content (AvgIpc) is 3.37. The van der Waals surface area contributed by atoms with E-state index in [9.17, 15) is 30.0 Å². The van der Waals surface area contributed by atoms with Crippen LogP contribution >= 0.6 is 0 Å². The van der Waals surface area contributed by atoms with Crippen molar-refractivity contribution in [3.05, 3.63) is 0 Å². The van der Waals surface area contributed by atoms with Crippen molar-refractivity contribution in [1.82, 2.24) is 10.6 Å². The van der Waals surface area contributed by atoms with Gasteiger partial charge in [0.15, 0.2) is 18.9 Å². The van der Waals surface area contributed by atoms with Crippen molar-refractivity contribution in [2.24, 2.45) is 28.7 Å². The molecule has 0 aromatic heterocycles. The predicted octanol–water partition coefficient (Wildman–Crippen LogP) is -4.74. The molecule has 1 aliphatic carbocycles. The lowest BCUT2D eigenvalue weighted by molar-refractivity contribution is -0.288. The van der Waals surface area contributed by atoms with Gasteiger partial charge >= 0.3 is 6.09 Å². The van der Waals surface area contributed by atoms with Crippen LogP contribution in [0, 0.1) is 0 Å². The molecule has 3 heterocycles. The molecule has 16 atom stereocenters. The Morgan fingerprint density at radius 3 is 1.88 bits per heavy atom. The van der Waals surface area contributed by atoms with Crippen molar-refractivity contribution in [3.8, 4) is 0 Å². The Morgan fingerprint density at radius 1 is 0.804 bits per heavy atom. The van der Waals surface area contributed by atoms with Crippen molar-refractivity contribution in [2.45, 2.75) is 156 Å². The summed E-state index contributed by atoms with van der Waals surface area (Å²) in [7, 11) is 0. The van der Waals surface area contributed by atoms with Gasteiger partial charge in [-0.2, -0.15) is 0 Å². The van der Waals surface area contributed by atoms with Gasteiger partial charge in [0, 0.05) is 19.1 Å². The maximum Gasteiger partial charge on any atom is 0.407 e. The van der Waals surface area contributed by atoms with Crippen molar-refractivity contribution < 1.29 is 63.2 Å². The smallest absolute Gasteiger partial charge is 0.407 e. The van der Waals surface area contributed by atoms with Gasteiger partial charge in [-0.25, -0.2) is 4.79 Å². The van der Waals surface area contributed by atoms with Crippen LogP contribution < -0.4 is 39.3 Å². The molecular formula is C31H59N7O13. The lowest BCUT2D eigenvalue weighted by Gasteiger charge is -2.46. The number of hydrogen-bond donors (Lipinski definition) is 11. The molecule has 0 bridgehead atoms. The fourth-order valence-corrected chi connectivity index (χ4v) is 6.54. The molecule has 3 aliphatic heterocycles. The SMILES string of the molecule is CC(C)(C)OC(=O)NC[C@H](O)C(=O)N[C@@H]1C[C@H](N)[C@@H](O[C@H]2O[C@H](CN)CC[C@H]2N)[C@H](O[C@@H]2O[C@H](CO)[C@@H](O[C@H]3O[C@@H](CN)CC[C@H]3N)[C@H]2O)[C@H]1O. The summed E-state index contributed by atoms with van der Waals surface area (Å²) in [4.78, 5) is 25.0. The van der Waals surface area contributed by atoms with E-state index in [4.69, 9.17) is 61.8 Å². The quantitative estimate of drug-likeness (QED) is 0.0845. The Hall–Kier alpha value is -1.86. The second-order valence-corrected chi connectivity index (χ2v) is 14.6. The number of amides is 2. The maximum atomic E-state index is 13.0. The van der Waals surface area contributed by atoms with Crippen molar-refractivity contribution in [1.29, 1.82) is 0 Å². The summed E-state index contributed by atoms with van der Waals surface area (Å²) in [6, 6.07) is -3.13. The fourth-order valence-electron chi connectivity index (χ4n) is 6.54. The first-order valence-corrected chi connectivity index (χ1v) is 17.6. The molecule has 2 amide bonds. The number of aliphatic hydroxyl groups excluding tert-OH is 4. The van der Waals surface area contributed by atoms with Crippen molar-refractivity contribution in [2.75, 3.05) is 26.2 Å². The summed E-state index contributed by atoms with van der Waals surface area (Å²) in [6.07, 6.45) is -12.2. The van der Waals surface area contributed by atoms with E-state index < -0.39 is 117 Å². The van der Waals surface area contributed by atoms with Crippen LogP contribution in [0.1, 0.15) is 52.9 Å². The molecule has 0 radical (unpaired) electrons. The molecule has 0 spiro atoms. The fraction of sp³-hybridized carbons (Fsp3) is 0.935. The van der Waals surface area contributed by atoms with E-state index in [-0.39, 0.29) is 31.7 Å². The molecular weight excluding hydrogens is 678 g/mol. The third-order valence-electron chi connectivity index (χ3n) is 9.36. The molecule has 1 saturated carbocycles. The first-order chi connectivity index (χ1) is 24.0. The van der Waals surface area contributed by atoms with Crippen LogP contribution in [0.15, 0.2) is 0 Å². The van der Waals surface area contributed by atoms with E-state index in [1.165, 1.54) is 0 Å². The maximum absolute atomic E-state index is 13.0. The van der Waals surface area contributed by atoms with Crippen LogP contribution in [0.4, 0.5) is 4.79 Å². The highest BCUT2D eigenvalue weighted by atomic mass is 16.8. The van der Waals surface area contributed by atoms with Gasteiger partial charge in [0.25, 0.3) is 5.91 Å². The summed E-state index contributed by atoms with van der Waals surface area (Å²) in [6.45, 7) is 4.39. The Morgan fingerprint density at radius 2 is 1.35 bits per heavy atom. The lowest BCUT2D eigenvalue weighted by atomic mass is 9.83. The van der Waals surface area contributed by atoms with E-state index in [2.05, 4.69) is 10.6 Å². The Labute approximate surface area is 297 Å². The van der Waals surface area contributed by atoms with Gasteiger partial charge in [-0.05, 0) is 52.9 Å². The minimum absolute atomic E-state index is 0.0514. The number of carbonyl (C=O) groups is 2. The Balaban J connectivity index is 1.50. The highest BCUT2D eigenvalue weighted by Gasteiger charge is 2.53. The first kappa shape index (κ1) is 41.9. The van der Waals surface area contributed by atoms with Crippen LogP contribution in [0.2, 0.25) is 0 Å². The highest BCUT2D eigenvalue weighted by molar-refractivity contribution is 5.81. The molecule has 4 rings (SSSR count). The standard InChI is InChI=1S/C31H59N7O13/c1-31(2,3)51-30(44)37-11-19(40)26(43)38-18-8-17(36)23(48-27-15(34)6-4-13(9-32)45-27)25(21(18)41)50-29-22(42)24(20(12-39)47-29)49-28-16(35)7-5-14(10-33)46-28/h13-25,27-29,39-42H,4-12,32-36H2,1-3H3,(H,37,44)(H,38,43)/t13-,14+,15+,16+,17-,18+,19-,20+,21-,22+,23+,24+,25+,27+,28+,29-/m0/s1. The van der Waals surface area contributed by atoms with Crippen LogP contribution in [0.3, 0.4) is 0 Å². The minimum Gasteiger partial charge on any atom is -0.444 e. The molecule has 296 valence electrons. The molecule has 0 unspecified atom stereocenters. The lowest BCUT2D eigenvalue weighted by Crippen LogP contribution is -2.67. The zero-order valence-corrected chi connectivity index (χ0v) is 29.5. The number of hydrogen-bond acceptors (Lipinski definition) is 18. The van der Waals surface area contributed by atoms with Gasteiger partial charge in [0.2, 0.25) is 0 Å². The summed E-state index contributed by atoms with van der Waals surface area (Å²) in [5.74, 6) is -0.922. The van der Waals surface area contributed by atoms with Gasteiger partial charge < -0.3 is 92.9 Å². The second kappa shape index (κ2) is 18.5. The van der Waals surface area contributed by atoms with Crippen LogP contribution in [0.25, 0.3) is 0 Å². The largest absolute Gasteiger partial charge is 0.444 e. The molecule has 4 fully saturated rings. The summed E-state index contributed by atoms with van der Waals surface area (Å²) >= 11 is 0. The van der Waals surface area contributed by atoms with E-state index in [0.29, 0.717) is 25.7 Å². The zero-order chi connectivity index (χ0) is 37.6. The number of nitrogens with two attached hydrogens (primary N) is 5. The van der Waals surface area contributed by atoms with Crippen molar-refractivity contribution in [3.63, 3.8) is 0 Å². The second-order valence-electron chi connectivity index (χ2n) is 14.6. The highest BCUT2D eigenvalue weighted by Crippen LogP contribution is 2.34. The van der Waals surface area contributed by atoms with E-state index >= 15 is 0 Å². The first-order valence-electron chi connectivity index (χ1n) is 17.6. The Kier molecular flexibility index (Phi) is 15.2. The third-order valence-corrected chi connectivity index (χ3v) is 9.36. The van der Waals surface area contributed by atoms with Gasteiger partial charge in [-0.3, -0.25) is 4.79 Å². The monoisotopic (exact) mass is 737 g/mol. The summed E-state index contributed by atoms with van der Waals surface area (Å²) in [5.41, 5.74) is 29.9. The van der Waals surface area contributed by atoms with Gasteiger partial charge in [-0.15, -0.1) is 0 Å². The molecule has 0 aromatic carbocycles. The number of alkyl carbamates (subject to hydrolysis) is 1. The minimum atomic E-state index is -1.72. The Bertz CT molecular complexity index is 1120. The molecule has 16 N–H and O–H groups in total. The van der Waals surface area contributed by atoms with E-state index in [0.717, 1.165) is 0 Å². The van der Waals surface area contributed by atoms with Gasteiger partial charge in [0.05, 0.1) is 43.5 Å². The average molecular weight is 738 g/mol. The van der Waals surface area contributed by atoms with Gasteiger partial charge in [-0.1, -0.05) is 0 Å². The molecule has 4 aliphatic rings. The number of aliphatic hydroxyl groups is 4. The molecule has 0 aromatic rings. The van der Waals surface area contributed by atoms with Crippen LogP contribution in [0.5, 0.6) is 0 Å². The van der Waals surface area contributed by atoms with E-state index in [1.807, 2.05) is 0 Å². The normalized spacial score (nSPS) is 41.1.